The van der Waals surface area contributed by atoms with Crippen molar-refractivity contribution in [2.45, 2.75) is 20.1 Å². The lowest BCUT2D eigenvalue weighted by molar-refractivity contribution is -0.127. The van der Waals surface area contributed by atoms with Crippen molar-refractivity contribution < 1.29 is 23.7 Å². The molecule has 212 valence electrons. The third-order valence-corrected chi connectivity index (χ3v) is 7.33. The number of rotatable bonds is 11. The third-order valence-electron chi connectivity index (χ3n) is 6.59. The number of methoxy groups -OCH3 is 2. The summed E-state index contributed by atoms with van der Waals surface area (Å²) in [5.74, 6) is 2.32. The molecule has 0 atom stereocenters. The molecule has 0 aliphatic carbocycles. The van der Waals surface area contributed by atoms with Gasteiger partial charge in [-0.15, -0.1) is 0 Å². The van der Waals surface area contributed by atoms with Gasteiger partial charge in [0.1, 0.15) is 12.4 Å². The second-order valence-electron chi connectivity index (χ2n) is 9.30. The summed E-state index contributed by atoms with van der Waals surface area (Å²) < 4.78 is 22.7. The summed E-state index contributed by atoms with van der Waals surface area (Å²) in [6.07, 6.45) is 3.36. The number of nitrogens with zero attached hydrogens (tertiary/aromatic N) is 2. The van der Waals surface area contributed by atoms with Crippen molar-refractivity contribution in [3.05, 3.63) is 87.4 Å². The lowest BCUT2D eigenvalue weighted by Gasteiger charge is -2.34. The van der Waals surface area contributed by atoms with Gasteiger partial charge >= 0.3 is 0 Å². The first-order chi connectivity index (χ1) is 19.4. The first kappa shape index (κ1) is 29.6. The SMILES string of the molecule is CCOc1ccc(COc2c(OC)cc(/C=C/C(=O)N3CCN(Cc4ccc(Cl)c(Cl)c4)CC3)cc2OC)cc1. The molecule has 9 heteroatoms. The molecule has 0 unspecified atom stereocenters. The van der Waals surface area contributed by atoms with E-state index in [1.54, 1.807) is 26.4 Å². The smallest absolute Gasteiger partial charge is 0.246 e. The highest BCUT2D eigenvalue weighted by Gasteiger charge is 2.20. The van der Waals surface area contributed by atoms with E-state index >= 15 is 0 Å². The maximum Gasteiger partial charge on any atom is 0.246 e. The monoisotopic (exact) mass is 584 g/mol. The molecule has 0 spiro atoms. The Kier molecular flexibility index (Phi) is 10.6. The Morgan fingerprint density at radius 3 is 2.10 bits per heavy atom. The fourth-order valence-corrected chi connectivity index (χ4v) is 4.76. The molecule has 4 rings (SSSR count). The van der Waals surface area contributed by atoms with Crippen LogP contribution in [-0.2, 0) is 17.9 Å². The Balaban J connectivity index is 1.35. The van der Waals surface area contributed by atoms with Gasteiger partial charge < -0.3 is 23.8 Å². The van der Waals surface area contributed by atoms with Gasteiger partial charge in [-0.3, -0.25) is 9.69 Å². The Labute approximate surface area is 245 Å². The zero-order valence-electron chi connectivity index (χ0n) is 23.0. The normalized spacial score (nSPS) is 13.9. The Morgan fingerprint density at radius 1 is 0.850 bits per heavy atom. The maximum absolute atomic E-state index is 12.9. The predicted octanol–water partition coefficient (Wildman–Crippen LogP) is 6.35. The van der Waals surface area contributed by atoms with Gasteiger partial charge in [0.05, 0.1) is 30.9 Å². The summed E-state index contributed by atoms with van der Waals surface area (Å²) in [7, 11) is 3.16. The molecule has 1 heterocycles. The lowest BCUT2D eigenvalue weighted by Crippen LogP contribution is -2.47. The zero-order chi connectivity index (χ0) is 28.5. The molecule has 0 bridgehead atoms. The Hall–Kier alpha value is -3.39. The molecule has 40 heavy (non-hydrogen) atoms. The van der Waals surface area contributed by atoms with Crippen LogP contribution in [0.2, 0.25) is 10.0 Å². The summed E-state index contributed by atoms with van der Waals surface area (Å²) in [6.45, 7) is 6.53. The number of carbonyl (C=O) groups is 1. The van der Waals surface area contributed by atoms with Gasteiger partial charge in [0.2, 0.25) is 11.7 Å². The van der Waals surface area contributed by atoms with Crippen LogP contribution in [0.5, 0.6) is 23.0 Å². The maximum atomic E-state index is 12.9. The minimum absolute atomic E-state index is 0.0389. The van der Waals surface area contributed by atoms with Crippen LogP contribution in [0, 0.1) is 0 Å². The number of amides is 1. The van der Waals surface area contributed by atoms with E-state index in [4.69, 9.17) is 42.1 Å². The largest absolute Gasteiger partial charge is 0.494 e. The van der Waals surface area contributed by atoms with E-state index in [0.29, 0.717) is 53.6 Å². The van der Waals surface area contributed by atoms with Gasteiger partial charge in [0.15, 0.2) is 11.5 Å². The number of ether oxygens (including phenoxy) is 4. The molecule has 7 nitrogen and oxygen atoms in total. The van der Waals surface area contributed by atoms with Gasteiger partial charge in [-0.25, -0.2) is 0 Å². The van der Waals surface area contributed by atoms with E-state index in [1.807, 2.05) is 66.4 Å². The van der Waals surface area contributed by atoms with E-state index in [0.717, 1.165) is 42.1 Å². The van der Waals surface area contributed by atoms with Crippen LogP contribution in [0.3, 0.4) is 0 Å². The van der Waals surface area contributed by atoms with E-state index < -0.39 is 0 Å². The van der Waals surface area contributed by atoms with Crippen molar-refractivity contribution in [2.24, 2.45) is 0 Å². The van der Waals surface area contributed by atoms with Gasteiger partial charge in [-0.2, -0.15) is 0 Å². The average molecular weight is 586 g/mol. The van der Waals surface area contributed by atoms with Crippen LogP contribution in [0.4, 0.5) is 0 Å². The van der Waals surface area contributed by atoms with Crippen LogP contribution < -0.4 is 18.9 Å². The molecule has 1 saturated heterocycles. The van der Waals surface area contributed by atoms with Crippen molar-refractivity contribution in [3.63, 3.8) is 0 Å². The summed E-state index contributed by atoms with van der Waals surface area (Å²) in [5.41, 5.74) is 2.86. The van der Waals surface area contributed by atoms with Crippen molar-refractivity contribution in [1.29, 1.82) is 0 Å². The van der Waals surface area contributed by atoms with Crippen LogP contribution in [0.1, 0.15) is 23.6 Å². The molecule has 3 aromatic rings. The first-order valence-corrected chi connectivity index (χ1v) is 13.9. The minimum Gasteiger partial charge on any atom is -0.494 e. The first-order valence-electron chi connectivity index (χ1n) is 13.1. The summed E-state index contributed by atoms with van der Waals surface area (Å²) in [5, 5.41) is 1.10. The number of benzene rings is 3. The average Bonchev–Trinajstić information content (AvgIpc) is 2.97. The van der Waals surface area contributed by atoms with Crippen molar-refractivity contribution in [1.82, 2.24) is 9.80 Å². The lowest BCUT2D eigenvalue weighted by atomic mass is 10.1. The Morgan fingerprint density at radius 2 is 1.50 bits per heavy atom. The van der Waals surface area contributed by atoms with Crippen molar-refractivity contribution in [2.75, 3.05) is 47.0 Å². The summed E-state index contributed by atoms with van der Waals surface area (Å²) >= 11 is 12.2. The molecule has 0 aromatic heterocycles. The molecule has 1 fully saturated rings. The number of halogens is 2. The molecular weight excluding hydrogens is 551 g/mol. The van der Waals surface area contributed by atoms with Crippen LogP contribution in [0.15, 0.2) is 60.7 Å². The van der Waals surface area contributed by atoms with Crippen LogP contribution in [0.25, 0.3) is 6.08 Å². The molecule has 1 aliphatic rings. The van der Waals surface area contributed by atoms with Gasteiger partial charge in [0, 0.05) is 38.8 Å². The minimum atomic E-state index is -0.0389. The number of carbonyl (C=O) groups excluding carboxylic acids is 1. The zero-order valence-corrected chi connectivity index (χ0v) is 24.5. The van der Waals surface area contributed by atoms with E-state index in [1.165, 1.54) is 0 Å². The third kappa shape index (κ3) is 7.84. The van der Waals surface area contributed by atoms with Crippen molar-refractivity contribution in [3.8, 4) is 23.0 Å². The van der Waals surface area contributed by atoms with E-state index in [9.17, 15) is 4.79 Å². The van der Waals surface area contributed by atoms with Gasteiger partial charge in [-0.1, -0.05) is 41.4 Å². The molecule has 3 aromatic carbocycles. The van der Waals surface area contributed by atoms with Crippen molar-refractivity contribution >= 4 is 35.2 Å². The van der Waals surface area contributed by atoms with Crippen LogP contribution in [-0.4, -0.2) is 62.7 Å². The number of piperazine rings is 1. The molecule has 0 radical (unpaired) electrons. The molecule has 0 saturated carbocycles. The van der Waals surface area contributed by atoms with Crippen LogP contribution >= 0.6 is 23.2 Å². The molecule has 1 aliphatic heterocycles. The highest BCUT2D eigenvalue weighted by molar-refractivity contribution is 6.42. The summed E-state index contributed by atoms with van der Waals surface area (Å²) in [4.78, 5) is 17.1. The van der Waals surface area contributed by atoms with E-state index in [2.05, 4.69) is 4.90 Å². The molecule has 0 N–H and O–H groups in total. The van der Waals surface area contributed by atoms with E-state index in [-0.39, 0.29) is 5.91 Å². The second-order valence-corrected chi connectivity index (χ2v) is 10.1. The quantitative estimate of drug-likeness (QED) is 0.245. The number of hydrogen-bond donors (Lipinski definition) is 0. The fraction of sp³-hybridized carbons (Fsp3) is 0.323. The van der Waals surface area contributed by atoms with Gasteiger partial charge in [0.25, 0.3) is 0 Å². The highest BCUT2D eigenvalue weighted by Crippen LogP contribution is 2.39. The highest BCUT2D eigenvalue weighted by atomic mass is 35.5. The standard InChI is InChI=1S/C31H34Cl2N2O5/c1-4-39-25-9-5-22(6-10-25)21-40-31-28(37-2)18-23(19-29(31)38-3)8-12-30(36)35-15-13-34(14-16-35)20-24-7-11-26(32)27(33)17-24/h5-12,17-19H,4,13-16,20-21H2,1-3H3/b12-8+. The number of hydrogen-bond acceptors (Lipinski definition) is 6. The molecule has 1 amide bonds. The van der Waals surface area contributed by atoms with Gasteiger partial charge in [-0.05, 0) is 66.1 Å². The molecular formula is C31H34Cl2N2O5. The Bertz CT molecular complexity index is 1300. The summed E-state index contributed by atoms with van der Waals surface area (Å²) in [6, 6.07) is 17.1. The second kappa shape index (κ2) is 14.3. The topological polar surface area (TPSA) is 60.5 Å². The predicted molar refractivity (Wildman–Crippen MR) is 159 cm³/mol. The fourth-order valence-electron chi connectivity index (χ4n) is 4.44.